The predicted octanol–water partition coefficient (Wildman–Crippen LogP) is 2.30. The first-order valence-corrected chi connectivity index (χ1v) is 7.59. The van der Waals surface area contributed by atoms with Gasteiger partial charge in [0, 0.05) is 24.7 Å². The number of aromatic nitrogens is 1. The van der Waals surface area contributed by atoms with Crippen LogP contribution < -0.4 is 11.1 Å². The summed E-state index contributed by atoms with van der Waals surface area (Å²) in [6, 6.07) is 6.26. The van der Waals surface area contributed by atoms with E-state index in [-0.39, 0.29) is 5.91 Å². The van der Waals surface area contributed by atoms with Gasteiger partial charge in [0.1, 0.15) is 0 Å². The molecule has 3 N–H and O–H groups in total. The molecule has 0 radical (unpaired) electrons. The van der Waals surface area contributed by atoms with Crippen LogP contribution in [0.1, 0.15) is 19.3 Å². The van der Waals surface area contributed by atoms with Crippen molar-refractivity contribution in [1.29, 1.82) is 0 Å². The first kappa shape index (κ1) is 13.3. The molecule has 106 valence electrons. The second-order valence-electron chi connectivity index (χ2n) is 5.26. The van der Waals surface area contributed by atoms with Crippen LogP contribution in [0.4, 0.5) is 10.8 Å². The Morgan fingerprint density at radius 3 is 3.10 bits per heavy atom. The number of nitrogen functional groups attached to an aromatic ring is 1. The van der Waals surface area contributed by atoms with Gasteiger partial charge < -0.3 is 16.0 Å². The highest BCUT2D eigenvalue weighted by Gasteiger charge is 2.26. The molecule has 0 saturated heterocycles. The van der Waals surface area contributed by atoms with Gasteiger partial charge in [0.2, 0.25) is 5.91 Å². The van der Waals surface area contributed by atoms with Crippen molar-refractivity contribution in [2.75, 3.05) is 24.6 Å². The Morgan fingerprint density at radius 2 is 2.35 bits per heavy atom. The summed E-state index contributed by atoms with van der Waals surface area (Å²) in [7, 11) is 2.07. The molecule has 3 rings (SSSR count). The normalized spacial score (nSPS) is 14.9. The molecule has 5 nitrogen and oxygen atoms in total. The fourth-order valence-electron chi connectivity index (χ4n) is 2.15. The summed E-state index contributed by atoms with van der Waals surface area (Å²) >= 11 is 1.46. The average Bonchev–Trinajstić information content (AvgIpc) is 3.18. The molecule has 1 amide bonds. The minimum atomic E-state index is 0.0181. The molecule has 20 heavy (non-hydrogen) atoms. The van der Waals surface area contributed by atoms with Gasteiger partial charge in [-0.05, 0) is 38.1 Å². The summed E-state index contributed by atoms with van der Waals surface area (Å²) < 4.78 is 0.996. The Balaban J connectivity index is 1.59. The molecule has 0 unspecified atom stereocenters. The first-order chi connectivity index (χ1) is 9.61. The number of thiazole rings is 1. The largest absolute Gasteiger partial charge is 0.399 e. The summed E-state index contributed by atoms with van der Waals surface area (Å²) in [4.78, 5) is 18.5. The fourth-order valence-corrected chi connectivity index (χ4v) is 3.08. The van der Waals surface area contributed by atoms with Gasteiger partial charge in [0.05, 0.1) is 10.2 Å². The monoisotopic (exact) mass is 290 g/mol. The molecule has 1 saturated carbocycles. The number of benzene rings is 1. The Hall–Kier alpha value is -1.66. The van der Waals surface area contributed by atoms with E-state index in [0.717, 1.165) is 16.8 Å². The number of rotatable bonds is 5. The van der Waals surface area contributed by atoms with Crippen LogP contribution >= 0.6 is 11.3 Å². The van der Waals surface area contributed by atoms with Crippen molar-refractivity contribution in [1.82, 2.24) is 9.88 Å². The van der Waals surface area contributed by atoms with E-state index in [1.807, 2.05) is 18.2 Å². The molecular formula is C14H18N4OS. The van der Waals surface area contributed by atoms with Crippen molar-refractivity contribution < 1.29 is 4.79 Å². The molecule has 1 fully saturated rings. The van der Waals surface area contributed by atoms with Crippen molar-refractivity contribution in [3.05, 3.63) is 18.2 Å². The van der Waals surface area contributed by atoms with Crippen molar-refractivity contribution in [2.45, 2.75) is 25.3 Å². The summed E-state index contributed by atoms with van der Waals surface area (Å²) in [6.07, 6.45) is 3.03. The van der Waals surface area contributed by atoms with Crippen molar-refractivity contribution in [2.24, 2.45) is 0 Å². The predicted molar refractivity (Wildman–Crippen MR) is 82.9 cm³/mol. The van der Waals surface area contributed by atoms with E-state index in [1.54, 1.807) is 0 Å². The van der Waals surface area contributed by atoms with Crippen molar-refractivity contribution >= 4 is 38.3 Å². The smallest absolute Gasteiger partial charge is 0.227 e. The third-order valence-corrected chi connectivity index (χ3v) is 4.45. The molecule has 1 aromatic carbocycles. The Kier molecular flexibility index (Phi) is 3.58. The number of anilines is 2. The summed E-state index contributed by atoms with van der Waals surface area (Å²) in [5, 5.41) is 3.51. The molecule has 1 aromatic heterocycles. The van der Waals surface area contributed by atoms with Crippen LogP contribution in [-0.2, 0) is 4.79 Å². The lowest BCUT2D eigenvalue weighted by Crippen LogP contribution is -2.25. The third kappa shape index (κ3) is 3.08. The third-order valence-electron chi connectivity index (χ3n) is 3.52. The van der Waals surface area contributed by atoms with Crippen LogP contribution in [0.5, 0.6) is 0 Å². The van der Waals surface area contributed by atoms with Crippen LogP contribution in [0.15, 0.2) is 18.2 Å². The maximum absolute atomic E-state index is 11.9. The Morgan fingerprint density at radius 1 is 1.55 bits per heavy atom. The van der Waals surface area contributed by atoms with E-state index >= 15 is 0 Å². The Labute approximate surface area is 121 Å². The second kappa shape index (κ2) is 5.38. The molecule has 1 heterocycles. The number of carbonyl (C=O) groups is 1. The van der Waals surface area contributed by atoms with E-state index in [9.17, 15) is 4.79 Å². The zero-order valence-electron chi connectivity index (χ0n) is 11.4. The summed E-state index contributed by atoms with van der Waals surface area (Å²) in [5.74, 6) is 0.0181. The van der Waals surface area contributed by atoms with Gasteiger partial charge in [-0.3, -0.25) is 4.79 Å². The lowest BCUT2D eigenvalue weighted by molar-refractivity contribution is -0.116. The standard InChI is InChI=1S/C14H18N4OS/c1-18(10-3-4-10)7-6-13(19)17-14-16-11-5-2-9(15)8-12(11)20-14/h2,5,8,10H,3-4,6-7,15H2,1H3,(H,16,17,19). The van der Waals surface area contributed by atoms with E-state index < -0.39 is 0 Å². The van der Waals surface area contributed by atoms with Crippen molar-refractivity contribution in [3.8, 4) is 0 Å². The number of nitrogens with zero attached hydrogens (tertiary/aromatic N) is 2. The quantitative estimate of drug-likeness (QED) is 0.829. The van der Waals surface area contributed by atoms with Crippen LogP contribution in [-0.4, -0.2) is 35.4 Å². The van der Waals surface area contributed by atoms with Crippen LogP contribution in [0, 0.1) is 0 Å². The van der Waals surface area contributed by atoms with Gasteiger partial charge in [0.25, 0.3) is 0 Å². The van der Waals surface area contributed by atoms with Gasteiger partial charge in [-0.15, -0.1) is 0 Å². The van der Waals surface area contributed by atoms with Gasteiger partial charge in [0.15, 0.2) is 5.13 Å². The number of nitrogens with one attached hydrogen (secondary N) is 1. The zero-order valence-corrected chi connectivity index (χ0v) is 12.2. The molecule has 0 spiro atoms. The highest BCUT2D eigenvalue weighted by atomic mass is 32.1. The Bertz CT molecular complexity index is 635. The molecule has 2 aromatic rings. The van der Waals surface area contributed by atoms with E-state index in [2.05, 4.69) is 22.2 Å². The molecule has 1 aliphatic rings. The van der Waals surface area contributed by atoms with Gasteiger partial charge >= 0.3 is 0 Å². The van der Waals surface area contributed by atoms with Crippen LogP contribution in [0.25, 0.3) is 10.2 Å². The van der Waals surface area contributed by atoms with Crippen LogP contribution in [0.3, 0.4) is 0 Å². The zero-order chi connectivity index (χ0) is 14.1. The van der Waals surface area contributed by atoms with E-state index in [0.29, 0.717) is 23.3 Å². The van der Waals surface area contributed by atoms with E-state index in [4.69, 9.17) is 5.73 Å². The van der Waals surface area contributed by atoms with E-state index in [1.165, 1.54) is 24.2 Å². The lowest BCUT2D eigenvalue weighted by Gasteiger charge is -2.14. The lowest BCUT2D eigenvalue weighted by atomic mass is 10.3. The van der Waals surface area contributed by atoms with Gasteiger partial charge in [-0.2, -0.15) is 0 Å². The number of hydrogen-bond acceptors (Lipinski definition) is 5. The SMILES string of the molecule is CN(CCC(=O)Nc1nc2ccc(N)cc2s1)C1CC1. The highest BCUT2D eigenvalue weighted by molar-refractivity contribution is 7.22. The summed E-state index contributed by atoms with van der Waals surface area (Å²) in [5.41, 5.74) is 7.32. The van der Waals surface area contributed by atoms with Crippen molar-refractivity contribution in [3.63, 3.8) is 0 Å². The summed E-state index contributed by atoms with van der Waals surface area (Å²) in [6.45, 7) is 0.800. The number of fused-ring (bicyclic) bond motifs is 1. The first-order valence-electron chi connectivity index (χ1n) is 6.78. The number of carbonyl (C=O) groups excluding carboxylic acids is 1. The van der Waals surface area contributed by atoms with Gasteiger partial charge in [-0.25, -0.2) is 4.98 Å². The number of amides is 1. The topological polar surface area (TPSA) is 71.2 Å². The molecule has 0 bridgehead atoms. The van der Waals surface area contributed by atoms with Gasteiger partial charge in [-0.1, -0.05) is 11.3 Å². The second-order valence-corrected chi connectivity index (χ2v) is 6.29. The average molecular weight is 290 g/mol. The number of nitrogens with two attached hydrogens (primary N) is 1. The molecule has 0 atom stereocenters. The minimum Gasteiger partial charge on any atom is -0.399 e. The molecule has 1 aliphatic carbocycles. The fraction of sp³-hybridized carbons (Fsp3) is 0.429. The molecule has 0 aliphatic heterocycles. The maximum atomic E-state index is 11.9. The molecular weight excluding hydrogens is 272 g/mol. The maximum Gasteiger partial charge on any atom is 0.227 e. The number of hydrogen-bond donors (Lipinski definition) is 2. The highest BCUT2D eigenvalue weighted by Crippen LogP contribution is 2.28. The van der Waals surface area contributed by atoms with Crippen LogP contribution in [0.2, 0.25) is 0 Å². The molecule has 6 heteroatoms. The minimum absolute atomic E-state index is 0.0181.